The molecule has 0 bridgehead atoms. The number of ether oxygens (including phenoxy) is 1. The van der Waals surface area contributed by atoms with Gasteiger partial charge in [0.2, 0.25) is 0 Å². The van der Waals surface area contributed by atoms with E-state index in [1.165, 1.54) is 28.9 Å². The second-order valence-electron chi connectivity index (χ2n) is 7.18. The smallest absolute Gasteiger partial charge is 0.280 e. The maximum absolute atomic E-state index is 13.3. The molecule has 0 atom stereocenters. The molecule has 0 saturated carbocycles. The van der Waals surface area contributed by atoms with Crippen molar-refractivity contribution in [1.82, 2.24) is 9.78 Å². The molecule has 0 fully saturated rings. The van der Waals surface area contributed by atoms with Crippen LogP contribution in [0, 0.1) is 11.6 Å². The van der Waals surface area contributed by atoms with E-state index in [0.29, 0.717) is 11.4 Å². The van der Waals surface area contributed by atoms with E-state index in [4.69, 9.17) is 4.74 Å². The summed E-state index contributed by atoms with van der Waals surface area (Å²) in [6.07, 6.45) is 2.46. The van der Waals surface area contributed by atoms with Crippen molar-refractivity contribution in [3.05, 3.63) is 107 Å². The lowest BCUT2D eigenvalue weighted by molar-refractivity contribution is 0.101. The van der Waals surface area contributed by atoms with Crippen molar-refractivity contribution in [2.24, 2.45) is 0 Å². The molecule has 5 nitrogen and oxygen atoms in total. The average molecular weight is 433 g/mol. The fourth-order valence-corrected chi connectivity index (χ4v) is 3.10. The zero-order chi connectivity index (χ0) is 22.5. The van der Waals surface area contributed by atoms with Gasteiger partial charge in [-0.3, -0.25) is 4.79 Å². The molecule has 1 heterocycles. The fraction of sp³-hybridized carbons (Fsp3) is 0.120. The molecule has 4 rings (SSSR count). The molecule has 3 aromatic carbocycles. The highest BCUT2D eigenvalue weighted by atomic mass is 19.1. The largest absolute Gasteiger partial charge is 0.485 e. The zero-order valence-corrected chi connectivity index (χ0v) is 17.4. The number of carbonyl (C=O) groups excluding carboxylic acids is 1. The van der Waals surface area contributed by atoms with E-state index in [2.05, 4.69) is 17.3 Å². The highest BCUT2D eigenvalue weighted by Gasteiger charge is 2.20. The number of halogens is 2. The molecule has 0 saturated heterocycles. The number of benzene rings is 3. The van der Waals surface area contributed by atoms with Crippen molar-refractivity contribution in [3.8, 4) is 11.4 Å². The molecule has 0 radical (unpaired) electrons. The third kappa shape index (κ3) is 5.00. The molecular weight excluding hydrogens is 412 g/mol. The number of nitrogens with one attached hydrogen (secondary N) is 1. The molecule has 1 aromatic heterocycles. The predicted molar refractivity (Wildman–Crippen MR) is 118 cm³/mol. The van der Waals surface area contributed by atoms with E-state index in [9.17, 15) is 13.6 Å². The Labute approximate surface area is 184 Å². The van der Waals surface area contributed by atoms with Crippen LogP contribution in [0.1, 0.15) is 28.5 Å². The number of carbonyl (C=O) groups is 1. The lowest BCUT2D eigenvalue weighted by Crippen LogP contribution is -2.14. The highest BCUT2D eigenvalue weighted by molar-refractivity contribution is 6.04. The number of amides is 1. The van der Waals surface area contributed by atoms with Crippen LogP contribution in [0.3, 0.4) is 0 Å². The maximum atomic E-state index is 13.3. The van der Waals surface area contributed by atoms with Crippen molar-refractivity contribution < 1.29 is 18.3 Å². The van der Waals surface area contributed by atoms with Crippen LogP contribution >= 0.6 is 0 Å². The number of rotatable bonds is 7. The summed E-state index contributed by atoms with van der Waals surface area (Å²) in [4.78, 5) is 13.0. The molecule has 0 unspecified atom stereocenters. The Morgan fingerprint density at radius 2 is 1.50 bits per heavy atom. The summed E-state index contributed by atoms with van der Waals surface area (Å²) in [5, 5.41) is 7.19. The molecule has 0 aliphatic rings. The SMILES string of the molecule is CCc1ccc(NC(=O)c2nn(-c3ccc(F)cc3)cc2OCc2ccc(F)cc2)cc1. The summed E-state index contributed by atoms with van der Waals surface area (Å²) in [7, 11) is 0. The van der Waals surface area contributed by atoms with Gasteiger partial charge >= 0.3 is 0 Å². The molecule has 32 heavy (non-hydrogen) atoms. The first kappa shape index (κ1) is 21.2. The van der Waals surface area contributed by atoms with Crippen LogP contribution in [-0.4, -0.2) is 15.7 Å². The van der Waals surface area contributed by atoms with E-state index in [0.717, 1.165) is 17.5 Å². The number of nitrogens with zero attached hydrogens (tertiary/aromatic N) is 2. The van der Waals surface area contributed by atoms with Crippen LogP contribution in [0.5, 0.6) is 5.75 Å². The van der Waals surface area contributed by atoms with Gasteiger partial charge in [0.1, 0.15) is 18.2 Å². The highest BCUT2D eigenvalue weighted by Crippen LogP contribution is 2.23. The minimum absolute atomic E-state index is 0.0796. The third-order valence-electron chi connectivity index (χ3n) is 4.91. The van der Waals surface area contributed by atoms with Crippen LogP contribution in [0.15, 0.2) is 79.0 Å². The molecule has 162 valence electrons. The molecule has 1 N–H and O–H groups in total. The first-order valence-corrected chi connectivity index (χ1v) is 10.1. The van der Waals surface area contributed by atoms with E-state index in [1.54, 1.807) is 30.5 Å². The predicted octanol–water partition coefficient (Wildman–Crippen LogP) is 5.54. The Hall–Kier alpha value is -4.00. The summed E-state index contributed by atoms with van der Waals surface area (Å²) in [6.45, 7) is 2.18. The van der Waals surface area contributed by atoms with E-state index < -0.39 is 5.91 Å². The van der Waals surface area contributed by atoms with Gasteiger partial charge in [-0.05, 0) is 66.1 Å². The maximum Gasteiger partial charge on any atom is 0.280 e. The normalized spacial score (nSPS) is 10.7. The Balaban J connectivity index is 1.60. The number of anilines is 1. The van der Waals surface area contributed by atoms with Gasteiger partial charge in [-0.2, -0.15) is 5.10 Å². The zero-order valence-electron chi connectivity index (χ0n) is 17.4. The summed E-state index contributed by atoms with van der Waals surface area (Å²) < 4.78 is 33.8. The molecule has 7 heteroatoms. The summed E-state index contributed by atoms with van der Waals surface area (Å²) in [5.41, 5.74) is 3.18. The fourth-order valence-electron chi connectivity index (χ4n) is 3.10. The van der Waals surface area contributed by atoms with Gasteiger partial charge in [-0.15, -0.1) is 0 Å². The average Bonchev–Trinajstić information content (AvgIpc) is 3.24. The van der Waals surface area contributed by atoms with Crippen LogP contribution < -0.4 is 10.1 Å². The standard InChI is InChI=1S/C25H21F2N3O2/c1-2-17-5-11-21(12-6-17)28-25(31)24-23(32-16-18-3-7-19(26)8-4-18)15-30(29-24)22-13-9-20(27)10-14-22/h3-15H,2,16H2,1H3,(H,28,31). The Kier molecular flexibility index (Phi) is 6.26. The van der Waals surface area contributed by atoms with Gasteiger partial charge in [0, 0.05) is 5.69 Å². The third-order valence-corrected chi connectivity index (χ3v) is 4.91. The summed E-state index contributed by atoms with van der Waals surface area (Å²) in [6, 6.07) is 19.2. The molecule has 0 aliphatic heterocycles. The lowest BCUT2D eigenvalue weighted by Gasteiger charge is -2.07. The van der Waals surface area contributed by atoms with Crippen molar-refractivity contribution in [1.29, 1.82) is 0 Å². The van der Waals surface area contributed by atoms with Crippen molar-refractivity contribution in [2.45, 2.75) is 20.0 Å². The monoisotopic (exact) mass is 433 g/mol. The Morgan fingerprint density at radius 3 is 2.12 bits per heavy atom. The Bertz CT molecular complexity index is 1200. The van der Waals surface area contributed by atoms with Gasteiger partial charge in [0.25, 0.3) is 5.91 Å². The quantitative estimate of drug-likeness (QED) is 0.416. The first-order chi connectivity index (χ1) is 15.5. The Morgan fingerprint density at radius 1 is 0.906 bits per heavy atom. The van der Waals surface area contributed by atoms with E-state index in [-0.39, 0.29) is 29.7 Å². The number of hydrogen-bond donors (Lipinski definition) is 1. The second kappa shape index (κ2) is 9.43. The molecule has 1 amide bonds. The minimum Gasteiger partial charge on any atom is -0.485 e. The van der Waals surface area contributed by atoms with Crippen LogP contribution in [-0.2, 0) is 13.0 Å². The van der Waals surface area contributed by atoms with Crippen LogP contribution in [0.2, 0.25) is 0 Å². The van der Waals surface area contributed by atoms with Gasteiger partial charge in [-0.1, -0.05) is 31.2 Å². The van der Waals surface area contributed by atoms with Crippen molar-refractivity contribution >= 4 is 11.6 Å². The summed E-state index contributed by atoms with van der Waals surface area (Å²) in [5.74, 6) is -0.903. The van der Waals surface area contributed by atoms with Crippen LogP contribution in [0.4, 0.5) is 14.5 Å². The van der Waals surface area contributed by atoms with E-state index in [1.807, 2.05) is 24.3 Å². The van der Waals surface area contributed by atoms with Gasteiger partial charge in [0.05, 0.1) is 11.9 Å². The molecule has 4 aromatic rings. The number of hydrogen-bond acceptors (Lipinski definition) is 3. The molecule has 0 aliphatic carbocycles. The van der Waals surface area contributed by atoms with Crippen molar-refractivity contribution in [2.75, 3.05) is 5.32 Å². The van der Waals surface area contributed by atoms with Gasteiger partial charge in [-0.25, -0.2) is 13.5 Å². The lowest BCUT2D eigenvalue weighted by atomic mass is 10.1. The molecule has 0 spiro atoms. The number of aromatic nitrogens is 2. The van der Waals surface area contributed by atoms with Crippen molar-refractivity contribution in [3.63, 3.8) is 0 Å². The van der Waals surface area contributed by atoms with Crippen LogP contribution in [0.25, 0.3) is 5.69 Å². The second-order valence-corrected chi connectivity index (χ2v) is 7.18. The first-order valence-electron chi connectivity index (χ1n) is 10.1. The minimum atomic E-state index is -0.441. The van der Waals surface area contributed by atoms with E-state index >= 15 is 0 Å². The topological polar surface area (TPSA) is 56.2 Å². The molecular formula is C25H21F2N3O2. The van der Waals surface area contributed by atoms with Gasteiger partial charge in [0.15, 0.2) is 11.4 Å². The van der Waals surface area contributed by atoms with Gasteiger partial charge < -0.3 is 10.1 Å². The summed E-state index contributed by atoms with van der Waals surface area (Å²) >= 11 is 0. The number of aryl methyl sites for hydroxylation is 1.